The SMILES string of the molecule is COC(=O)c1cc(CO)ccc1CBr. The lowest BCUT2D eigenvalue weighted by Gasteiger charge is -2.06. The van der Waals surface area contributed by atoms with E-state index in [9.17, 15) is 4.79 Å². The Kier molecular flexibility index (Phi) is 4.10. The fourth-order valence-corrected chi connectivity index (χ4v) is 1.63. The Morgan fingerprint density at radius 1 is 1.57 bits per heavy atom. The van der Waals surface area contributed by atoms with Crippen molar-refractivity contribution in [3.63, 3.8) is 0 Å². The van der Waals surface area contributed by atoms with Crippen LogP contribution in [0.3, 0.4) is 0 Å². The van der Waals surface area contributed by atoms with Gasteiger partial charge in [-0.25, -0.2) is 4.79 Å². The van der Waals surface area contributed by atoms with Gasteiger partial charge in [0.25, 0.3) is 0 Å². The summed E-state index contributed by atoms with van der Waals surface area (Å²) in [7, 11) is 1.34. The van der Waals surface area contributed by atoms with Crippen LogP contribution >= 0.6 is 15.9 Å². The van der Waals surface area contributed by atoms with Gasteiger partial charge in [-0.3, -0.25) is 0 Å². The van der Waals surface area contributed by atoms with Crippen molar-refractivity contribution >= 4 is 21.9 Å². The number of benzene rings is 1. The maximum Gasteiger partial charge on any atom is 0.338 e. The predicted molar refractivity (Wildman–Crippen MR) is 56.3 cm³/mol. The number of ether oxygens (including phenoxy) is 1. The Morgan fingerprint density at radius 2 is 2.29 bits per heavy atom. The molecule has 3 nitrogen and oxygen atoms in total. The molecule has 0 heterocycles. The van der Waals surface area contributed by atoms with E-state index in [4.69, 9.17) is 5.11 Å². The van der Waals surface area contributed by atoms with Crippen LogP contribution in [0.1, 0.15) is 21.5 Å². The quantitative estimate of drug-likeness (QED) is 0.665. The Balaban J connectivity index is 3.14. The molecule has 1 aromatic carbocycles. The van der Waals surface area contributed by atoms with Crippen LogP contribution in [-0.2, 0) is 16.7 Å². The number of hydrogen-bond donors (Lipinski definition) is 1. The summed E-state index contributed by atoms with van der Waals surface area (Å²) in [6, 6.07) is 5.22. The largest absolute Gasteiger partial charge is 0.465 e. The highest BCUT2D eigenvalue weighted by Crippen LogP contribution is 2.16. The van der Waals surface area contributed by atoms with Crippen molar-refractivity contribution in [2.24, 2.45) is 0 Å². The summed E-state index contributed by atoms with van der Waals surface area (Å²) in [6.07, 6.45) is 0. The van der Waals surface area contributed by atoms with E-state index < -0.39 is 0 Å². The zero-order chi connectivity index (χ0) is 10.6. The minimum absolute atomic E-state index is 0.0768. The number of carbonyl (C=O) groups excluding carboxylic acids is 1. The molecule has 0 fully saturated rings. The second-order valence-corrected chi connectivity index (χ2v) is 3.34. The summed E-state index contributed by atoms with van der Waals surface area (Å²) >= 11 is 3.28. The number of halogens is 1. The van der Waals surface area contributed by atoms with Gasteiger partial charge < -0.3 is 9.84 Å². The Bertz CT molecular complexity index is 336. The van der Waals surface area contributed by atoms with E-state index in [0.717, 1.165) is 5.56 Å². The third kappa shape index (κ3) is 2.33. The molecule has 1 rings (SSSR count). The number of methoxy groups -OCH3 is 1. The molecule has 0 aromatic heterocycles. The molecule has 0 bridgehead atoms. The molecule has 76 valence electrons. The smallest absolute Gasteiger partial charge is 0.338 e. The Morgan fingerprint density at radius 3 is 2.79 bits per heavy atom. The molecule has 0 aliphatic carbocycles. The molecule has 1 aromatic rings. The standard InChI is InChI=1S/C10H11BrO3/c1-14-10(13)9-4-7(6-12)2-3-8(9)5-11/h2-4,12H,5-6H2,1H3. The number of hydrogen-bond acceptors (Lipinski definition) is 3. The van der Waals surface area contributed by atoms with Gasteiger partial charge in [-0.1, -0.05) is 28.1 Å². The predicted octanol–water partition coefficient (Wildman–Crippen LogP) is 1.86. The lowest BCUT2D eigenvalue weighted by molar-refractivity contribution is 0.0599. The minimum atomic E-state index is -0.380. The molecule has 0 unspecified atom stereocenters. The molecular formula is C10H11BrO3. The molecule has 0 atom stereocenters. The third-order valence-corrected chi connectivity index (χ3v) is 2.51. The van der Waals surface area contributed by atoms with Gasteiger partial charge in [-0.15, -0.1) is 0 Å². The topological polar surface area (TPSA) is 46.5 Å². The first-order valence-corrected chi connectivity index (χ1v) is 5.22. The lowest BCUT2D eigenvalue weighted by Crippen LogP contribution is -2.05. The monoisotopic (exact) mass is 258 g/mol. The molecule has 0 aliphatic heterocycles. The van der Waals surface area contributed by atoms with Crippen LogP contribution in [0.4, 0.5) is 0 Å². The molecule has 0 aliphatic rings. The zero-order valence-corrected chi connectivity index (χ0v) is 9.37. The number of aliphatic hydroxyl groups is 1. The highest BCUT2D eigenvalue weighted by Gasteiger charge is 2.11. The number of carbonyl (C=O) groups is 1. The van der Waals surface area contributed by atoms with Crippen molar-refractivity contribution in [1.82, 2.24) is 0 Å². The molecule has 0 spiro atoms. The van der Waals surface area contributed by atoms with E-state index in [2.05, 4.69) is 20.7 Å². The van der Waals surface area contributed by atoms with Gasteiger partial charge in [0.1, 0.15) is 0 Å². The van der Waals surface area contributed by atoms with E-state index in [0.29, 0.717) is 16.5 Å². The first kappa shape index (κ1) is 11.2. The van der Waals surface area contributed by atoms with Crippen LogP contribution in [0.2, 0.25) is 0 Å². The van der Waals surface area contributed by atoms with Gasteiger partial charge in [-0.05, 0) is 17.2 Å². The van der Waals surface area contributed by atoms with Crippen molar-refractivity contribution in [3.05, 3.63) is 34.9 Å². The summed E-state index contributed by atoms with van der Waals surface area (Å²) in [5.41, 5.74) is 2.06. The highest BCUT2D eigenvalue weighted by atomic mass is 79.9. The van der Waals surface area contributed by atoms with Crippen LogP contribution in [0.25, 0.3) is 0 Å². The average molecular weight is 259 g/mol. The molecule has 0 saturated carbocycles. The van der Waals surface area contributed by atoms with Crippen LogP contribution < -0.4 is 0 Å². The summed E-state index contributed by atoms with van der Waals surface area (Å²) < 4.78 is 4.64. The lowest BCUT2D eigenvalue weighted by atomic mass is 10.1. The number of aliphatic hydroxyl groups excluding tert-OH is 1. The highest BCUT2D eigenvalue weighted by molar-refractivity contribution is 9.08. The van der Waals surface area contributed by atoms with Crippen LogP contribution in [0.15, 0.2) is 18.2 Å². The molecule has 14 heavy (non-hydrogen) atoms. The second kappa shape index (κ2) is 5.12. The average Bonchev–Trinajstić information content (AvgIpc) is 2.27. The zero-order valence-electron chi connectivity index (χ0n) is 7.79. The van der Waals surface area contributed by atoms with Gasteiger partial charge in [0, 0.05) is 5.33 Å². The fourth-order valence-electron chi connectivity index (χ4n) is 1.14. The Hall–Kier alpha value is -0.870. The van der Waals surface area contributed by atoms with Crippen LogP contribution in [0.5, 0.6) is 0 Å². The number of rotatable bonds is 3. The molecule has 0 radical (unpaired) electrons. The number of alkyl halides is 1. The summed E-state index contributed by atoms with van der Waals surface area (Å²) in [5.74, 6) is -0.380. The molecule has 4 heteroatoms. The van der Waals surface area contributed by atoms with Crippen molar-refractivity contribution < 1.29 is 14.6 Å². The third-order valence-electron chi connectivity index (χ3n) is 1.91. The van der Waals surface area contributed by atoms with Crippen molar-refractivity contribution in [2.75, 3.05) is 7.11 Å². The van der Waals surface area contributed by atoms with E-state index in [-0.39, 0.29) is 12.6 Å². The second-order valence-electron chi connectivity index (χ2n) is 2.77. The van der Waals surface area contributed by atoms with Crippen LogP contribution in [-0.4, -0.2) is 18.2 Å². The molecular weight excluding hydrogens is 248 g/mol. The van der Waals surface area contributed by atoms with E-state index in [1.165, 1.54) is 7.11 Å². The minimum Gasteiger partial charge on any atom is -0.465 e. The van der Waals surface area contributed by atoms with Gasteiger partial charge in [0.05, 0.1) is 19.3 Å². The van der Waals surface area contributed by atoms with Crippen molar-refractivity contribution in [2.45, 2.75) is 11.9 Å². The fraction of sp³-hybridized carbons (Fsp3) is 0.300. The first-order valence-electron chi connectivity index (χ1n) is 4.10. The molecule has 0 saturated heterocycles. The van der Waals surface area contributed by atoms with Crippen molar-refractivity contribution in [1.29, 1.82) is 0 Å². The van der Waals surface area contributed by atoms with Gasteiger partial charge >= 0.3 is 5.97 Å². The number of esters is 1. The first-order chi connectivity index (χ1) is 6.72. The summed E-state index contributed by atoms with van der Waals surface area (Å²) in [6.45, 7) is -0.0768. The van der Waals surface area contributed by atoms with E-state index >= 15 is 0 Å². The van der Waals surface area contributed by atoms with E-state index in [1.54, 1.807) is 18.2 Å². The summed E-state index contributed by atoms with van der Waals surface area (Å²) in [5, 5.41) is 9.50. The Labute approximate surface area is 90.8 Å². The van der Waals surface area contributed by atoms with Gasteiger partial charge in [0.15, 0.2) is 0 Å². The normalized spacial score (nSPS) is 9.93. The van der Waals surface area contributed by atoms with E-state index in [1.807, 2.05) is 0 Å². The maximum absolute atomic E-state index is 11.3. The maximum atomic E-state index is 11.3. The van der Waals surface area contributed by atoms with Gasteiger partial charge in [0.2, 0.25) is 0 Å². The van der Waals surface area contributed by atoms with Crippen LogP contribution in [0, 0.1) is 0 Å². The molecule has 0 amide bonds. The van der Waals surface area contributed by atoms with Crippen molar-refractivity contribution in [3.8, 4) is 0 Å². The van der Waals surface area contributed by atoms with Gasteiger partial charge in [-0.2, -0.15) is 0 Å². The molecule has 1 N–H and O–H groups in total. The summed E-state index contributed by atoms with van der Waals surface area (Å²) in [4.78, 5) is 11.3.